The molecular weight excluding hydrogens is 284 g/mol. The van der Waals surface area contributed by atoms with Crippen LogP contribution in [0.1, 0.15) is 94.7 Å². The first-order chi connectivity index (χ1) is 11.4. The standard InChI is InChI=1S/C19H32N4/c1-2-4-10-17(9-3-1)22-13-11-18(12-14-22)23-15-19(20-21-23)16-7-5-6-8-16/h15-18H,1-14H2. The molecule has 0 aromatic carbocycles. The van der Waals surface area contributed by atoms with E-state index in [1.807, 2.05) is 0 Å². The molecule has 4 heteroatoms. The van der Waals surface area contributed by atoms with Crippen molar-refractivity contribution >= 4 is 0 Å². The quantitative estimate of drug-likeness (QED) is 0.780. The highest BCUT2D eigenvalue weighted by Crippen LogP contribution is 2.34. The number of piperidine rings is 1. The molecule has 128 valence electrons. The molecule has 1 aromatic heterocycles. The second kappa shape index (κ2) is 7.33. The van der Waals surface area contributed by atoms with Crippen molar-refractivity contribution in [2.45, 2.75) is 95.1 Å². The molecule has 4 rings (SSSR count). The predicted octanol–water partition coefficient (Wildman–Crippen LogP) is 4.30. The van der Waals surface area contributed by atoms with Gasteiger partial charge in [0.15, 0.2) is 0 Å². The molecule has 0 N–H and O–H groups in total. The maximum atomic E-state index is 4.49. The van der Waals surface area contributed by atoms with Crippen molar-refractivity contribution in [3.8, 4) is 0 Å². The third-order valence-corrected chi connectivity index (χ3v) is 6.52. The van der Waals surface area contributed by atoms with E-state index >= 15 is 0 Å². The number of likely N-dealkylation sites (tertiary alicyclic amines) is 1. The average Bonchev–Trinajstić information content (AvgIpc) is 3.22. The highest BCUT2D eigenvalue weighted by Gasteiger charge is 2.28. The van der Waals surface area contributed by atoms with Crippen LogP contribution in [0.5, 0.6) is 0 Å². The lowest BCUT2D eigenvalue weighted by molar-refractivity contribution is 0.119. The minimum absolute atomic E-state index is 0.583. The van der Waals surface area contributed by atoms with E-state index in [4.69, 9.17) is 0 Å². The lowest BCUT2D eigenvalue weighted by Gasteiger charge is -2.37. The Morgan fingerprint density at radius 1 is 0.739 bits per heavy atom. The fraction of sp³-hybridized carbons (Fsp3) is 0.895. The van der Waals surface area contributed by atoms with Crippen molar-refractivity contribution < 1.29 is 0 Å². The Labute approximate surface area is 140 Å². The minimum Gasteiger partial charge on any atom is -0.300 e. The van der Waals surface area contributed by atoms with Gasteiger partial charge in [-0.25, -0.2) is 4.68 Å². The Hall–Kier alpha value is -0.900. The summed E-state index contributed by atoms with van der Waals surface area (Å²) in [4.78, 5) is 2.77. The first kappa shape index (κ1) is 15.6. The number of nitrogens with zero attached hydrogens (tertiary/aromatic N) is 4. The number of aromatic nitrogens is 3. The first-order valence-corrected chi connectivity index (χ1v) is 10.1. The van der Waals surface area contributed by atoms with Gasteiger partial charge < -0.3 is 4.90 Å². The van der Waals surface area contributed by atoms with Gasteiger partial charge in [0.25, 0.3) is 0 Å². The molecule has 1 aliphatic heterocycles. The van der Waals surface area contributed by atoms with Crippen LogP contribution in [0.4, 0.5) is 0 Å². The van der Waals surface area contributed by atoms with Gasteiger partial charge in [-0.3, -0.25) is 0 Å². The average molecular weight is 316 g/mol. The Balaban J connectivity index is 1.32. The zero-order valence-corrected chi connectivity index (χ0v) is 14.5. The number of hydrogen-bond acceptors (Lipinski definition) is 3. The van der Waals surface area contributed by atoms with Crippen LogP contribution < -0.4 is 0 Å². The summed E-state index contributed by atoms with van der Waals surface area (Å²) in [7, 11) is 0. The second-order valence-electron chi connectivity index (χ2n) is 8.02. The van der Waals surface area contributed by atoms with Gasteiger partial charge in [-0.1, -0.05) is 43.7 Å². The first-order valence-electron chi connectivity index (χ1n) is 10.1. The van der Waals surface area contributed by atoms with E-state index in [2.05, 4.69) is 26.1 Å². The number of hydrogen-bond donors (Lipinski definition) is 0. The van der Waals surface area contributed by atoms with Crippen molar-refractivity contribution in [3.05, 3.63) is 11.9 Å². The van der Waals surface area contributed by atoms with Crippen LogP contribution in [-0.4, -0.2) is 39.0 Å². The van der Waals surface area contributed by atoms with Gasteiger partial charge in [-0.2, -0.15) is 0 Å². The van der Waals surface area contributed by atoms with E-state index in [0.717, 1.165) is 6.04 Å². The van der Waals surface area contributed by atoms with Crippen LogP contribution in [0.25, 0.3) is 0 Å². The van der Waals surface area contributed by atoms with Gasteiger partial charge in [-0.05, 0) is 38.5 Å². The molecule has 23 heavy (non-hydrogen) atoms. The van der Waals surface area contributed by atoms with E-state index in [1.54, 1.807) is 0 Å². The van der Waals surface area contributed by atoms with Crippen LogP contribution in [0.15, 0.2) is 6.20 Å². The zero-order chi connectivity index (χ0) is 15.5. The molecule has 1 saturated heterocycles. The molecule has 0 radical (unpaired) electrons. The molecule has 3 fully saturated rings. The Morgan fingerprint density at radius 3 is 2.09 bits per heavy atom. The summed E-state index contributed by atoms with van der Waals surface area (Å²) in [5.74, 6) is 0.690. The highest BCUT2D eigenvalue weighted by atomic mass is 15.4. The van der Waals surface area contributed by atoms with Gasteiger partial charge in [0.2, 0.25) is 0 Å². The normalized spacial score (nSPS) is 26.6. The maximum Gasteiger partial charge on any atom is 0.0858 e. The van der Waals surface area contributed by atoms with E-state index < -0.39 is 0 Å². The fourth-order valence-electron chi connectivity index (χ4n) is 5.02. The van der Waals surface area contributed by atoms with Gasteiger partial charge in [-0.15, -0.1) is 5.10 Å². The molecular formula is C19H32N4. The molecule has 0 bridgehead atoms. The lowest BCUT2D eigenvalue weighted by atomic mass is 9.99. The van der Waals surface area contributed by atoms with E-state index in [0.29, 0.717) is 12.0 Å². The smallest absolute Gasteiger partial charge is 0.0858 e. The molecule has 2 aliphatic carbocycles. The summed E-state index contributed by atoms with van der Waals surface area (Å²) < 4.78 is 2.19. The Kier molecular flexibility index (Phi) is 4.98. The minimum atomic E-state index is 0.583. The van der Waals surface area contributed by atoms with Gasteiger partial charge in [0, 0.05) is 31.2 Å². The highest BCUT2D eigenvalue weighted by molar-refractivity contribution is 5.04. The van der Waals surface area contributed by atoms with Crippen LogP contribution >= 0.6 is 0 Å². The molecule has 3 aliphatic rings. The van der Waals surface area contributed by atoms with Crippen LogP contribution in [0, 0.1) is 0 Å². The topological polar surface area (TPSA) is 34.0 Å². The molecule has 0 amide bonds. The summed E-state index contributed by atoms with van der Waals surface area (Å²) in [6.07, 6.45) is 18.8. The van der Waals surface area contributed by atoms with Crippen molar-refractivity contribution in [1.82, 2.24) is 19.9 Å². The summed E-state index contributed by atoms with van der Waals surface area (Å²) in [6.45, 7) is 2.52. The fourth-order valence-corrected chi connectivity index (χ4v) is 5.02. The predicted molar refractivity (Wildman–Crippen MR) is 92.6 cm³/mol. The van der Waals surface area contributed by atoms with Crippen LogP contribution in [0.2, 0.25) is 0 Å². The summed E-state index contributed by atoms with van der Waals surface area (Å²) in [5.41, 5.74) is 1.26. The summed E-state index contributed by atoms with van der Waals surface area (Å²) in [6, 6.07) is 1.45. The molecule has 0 unspecified atom stereocenters. The van der Waals surface area contributed by atoms with E-state index in [-0.39, 0.29) is 0 Å². The third kappa shape index (κ3) is 3.62. The molecule has 0 spiro atoms. The molecule has 2 heterocycles. The summed E-state index contributed by atoms with van der Waals surface area (Å²) in [5, 5.41) is 8.98. The maximum absolute atomic E-state index is 4.49. The van der Waals surface area contributed by atoms with E-state index in [1.165, 1.54) is 95.8 Å². The Morgan fingerprint density at radius 2 is 1.39 bits per heavy atom. The summed E-state index contributed by atoms with van der Waals surface area (Å²) >= 11 is 0. The van der Waals surface area contributed by atoms with E-state index in [9.17, 15) is 0 Å². The van der Waals surface area contributed by atoms with Crippen molar-refractivity contribution in [2.24, 2.45) is 0 Å². The second-order valence-corrected chi connectivity index (χ2v) is 8.02. The molecule has 1 aromatic rings. The number of rotatable bonds is 3. The molecule has 0 atom stereocenters. The van der Waals surface area contributed by atoms with Crippen LogP contribution in [-0.2, 0) is 0 Å². The van der Waals surface area contributed by atoms with Gasteiger partial charge >= 0.3 is 0 Å². The third-order valence-electron chi connectivity index (χ3n) is 6.52. The zero-order valence-electron chi connectivity index (χ0n) is 14.5. The Bertz CT molecular complexity index is 475. The molecule has 4 nitrogen and oxygen atoms in total. The van der Waals surface area contributed by atoms with Crippen LogP contribution in [0.3, 0.4) is 0 Å². The molecule has 2 saturated carbocycles. The van der Waals surface area contributed by atoms with Gasteiger partial charge in [0.1, 0.15) is 0 Å². The lowest BCUT2D eigenvalue weighted by Crippen LogP contribution is -2.41. The monoisotopic (exact) mass is 316 g/mol. The van der Waals surface area contributed by atoms with Gasteiger partial charge in [0.05, 0.1) is 11.7 Å². The van der Waals surface area contributed by atoms with Crippen molar-refractivity contribution in [3.63, 3.8) is 0 Å². The SMILES string of the molecule is c1c(C2CCCC2)nnn1C1CCN(C2CCCCCC2)CC1. The largest absolute Gasteiger partial charge is 0.300 e. The van der Waals surface area contributed by atoms with Crippen molar-refractivity contribution in [2.75, 3.05) is 13.1 Å². The van der Waals surface area contributed by atoms with Crippen molar-refractivity contribution in [1.29, 1.82) is 0 Å².